The minimum Gasteiger partial charge on any atom is -0.338 e. The molecule has 3 nitrogen and oxygen atoms in total. The molecule has 1 saturated heterocycles. The number of benzene rings is 1. The molecular weight excluding hydrogens is 200 g/mol. The molecule has 0 saturated carbocycles. The van der Waals surface area contributed by atoms with E-state index in [4.69, 9.17) is 5.73 Å². The van der Waals surface area contributed by atoms with Crippen molar-refractivity contribution in [2.75, 3.05) is 19.6 Å². The zero-order chi connectivity index (χ0) is 11.5. The van der Waals surface area contributed by atoms with Gasteiger partial charge in [0.2, 0.25) is 0 Å². The van der Waals surface area contributed by atoms with Crippen LogP contribution in [-0.4, -0.2) is 30.4 Å². The van der Waals surface area contributed by atoms with Crippen LogP contribution in [0.1, 0.15) is 22.3 Å². The maximum atomic E-state index is 12.2. The van der Waals surface area contributed by atoms with Crippen LogP contribution in [0.5, 0.6) is 0 Å². The van der Waals surface area contributed by atoms with Crippen molar-refractivity contribution in [3.63, 3.8) is 0 Å². The Bertz CT molecular complexity index is 389. The van der Waals surface area contributed by atoms with Gasteiger partial charge < -0.3 is 10.6 Å². The Labute approximate surface area is 96.2 Å². The Morgan fingerprint density at radius 1 is 1.50 bits per heavy atom. The molecule has 0 spiro atoms. The molecule has 0 aromatic heterocycles. The third kappa shape index (κ3) is 2.09. The van der Waals surface area contributed by atoms with E-state index in [1.165, 1.54) is 0 Å². The minimum absolute atomic E-state index is 0.147. The quantitative estimate of drug-likeness (QED) is 0.816. The molecule has 1 aromatic carbocycles. The van der Waals surface area contributed by atoms with Crippen molar-refractivity contribution in [1.82, 2.24) is 4.90 Å². The summed E-state index contributed by atoms with van der Waals surface area (Å²) in [6.45, 7) is 4.31. The van der Waals surface area contributed by atoms with E-state index in [0.29, 0.717) is 12.5 Å². The summed E-state index contributed by atoms with van der Waals surface area (Å²) in [6.07, 6.45) is 1.04. The Kier molecular flexibility index (Phi) is 3.25. The summed E-state index contributed by atoms with van der Waals surface area (Å²) in [7, 11) is 0. The molecule has 1 amide bonds. The van der Waals surface area contributed by atoms with E-state index in [0.717, 1.165) is 30.6 Å². The number of hydrogen-bond donors (Lipinski definition) is 1. The number of carbonyl (C=O) groups is 1. The molecule has 1 atom stereocenters. The predicted octanol–water partition coefficient (Wildman–Crippen LogP) is 1.42. The molecule has 1 aromatic rings. The molecule has 0 radical (unpaired) electrons. The molecule has 1 aliphatic rings. The molecule has 0 bridgehead atoms. The van der Waals surface area contributed by atoms with Crippen molar-refractivity contribution in [3.8, 4) is 0 Å². The average molecular weight is 218 g/mol. The Morgan fingerprint density at radius 3 is 2.88 bits per heavy atom. The first kappa shape index (κ1) is 11.1. The first-order chi connectivity index (χ1) is 7.72. The number of rotatable bonds is 2. The molecule has 1 unspecified atom stereocenters. The zero-order valence-corrected chi connectivity index (χ0v) is 9.65. The van der Waals surface area contributed by atoms with Crippen molar-refractivity contribution in [1.29, 1.82) is 0 Å². The van der Waals surface area contributed by atoms with E-state index in [1.807, 2.05) is 36.1 Å². The van der Waals surface area contributed by atoms with Gasteiger partial charge in [-0.3, -0.25) is 4.79 Å². The Hall–Kier alpha value is -1.35. The summed E-state index contributed by atoms with van der Waals surface area (Å²) in [5.41, 5.74) is 7.49. The number of likely N-dealkylation sites (tertiary alicyclic amines) is 1. The molecule has 1 aliphatic heterocycles. The van der Waals surface area contributed by atoms with Crippen LogP contribution in [0.15, 0.2) is 24.3 Å². The maximum absolute atomic E-state index is 12.2. The number of amides is 1. The minimum atomic E-state index is 0.147. The zero-order valence-electron chi connectivity index (χ0n) is 9.65. The van der Waals surface area contributed by atoms with Crippen LogP contribution >= 0.6 is 0 Å². The van der Waals surface area contributed by atoms with E-state index in [1.54, 1.807) is 0 Å². The summed E-state index contributed by atoms with van der Waals surface area (Å²) in [4.78, 5) is 14.1. The standard InChI is InChI=1S/C13H18N2O/c1-10-4-2-3-5-12(10)13(16)15-7-6-11(8-14)9-15/h2-5,11H,6-9,14H2,1H3. The summed E-state index contributed by atoms with van der Waals surface area (Å²) in [6, 6.07) is 7.74. The van der Waals surface area contributed by atoms with Crippen molar-refractivity contribution < 1.29 is 4.79 Å². The number of carbonyl (C=O) groups excluding carboxylic acids is 1. The van der Waals surface area contributed by atoms with Crippen LogP contribution < -0.4 is 5.73 Å². The first-order valence-corrected chi connectivity index (χ1v) is 5.77. The van der Waals surface area contributed by atoms with E-state index in [2.05, 4.69) is 0 Å². The third-order valence-electron chi connectivity index (χ3n) is 3.28. The molecular formula is C13H18N2O. The monoisotopic (exact) mass is 218 g/mol. The van der Waals surface area contributed by atoms with Crippen LogP contribution in [0.3, 0.4) is 0 Å². The molecule has 0 aliphatic carbocycles. The van der Waals surface area contributed by atoms with E-state index < -0.39 is 0 Å². The van der Waals surface area contributed by atoms with Gasteiger partial charge in [-0.1, -0.05) is 18.2 Å². The highest BCUT2D eigenvalue weighted by molar-refractivity contribution is 5.95. The highest BCUT2D eigenvalue weighted by Crippen LogP contribution is 2.19. The first-order valence-electron chi connectivity index (χ1n) is 5.77. The Balaban J connectivity index is 2.12. The van der Waals surface area contributed by atoms with E-state index >= 15 is 0 Å². The highest BCUT2D eigenvalue weighted by atomic mass is 16.2. The smallest absolute Gasteiger partial charge is 0.254 e. The second-order valence-corrected chi connectivity index (χ2v) is 4.46. The van der Waals surface area contributed by atoms with Gasteiger partial charge >= 0.3 is 0 Å². The van der Waals surface area contributed by atoms with Crippen LogP contribution in [0.25, 0.3) is 0 Å². The lowest BCUT2D eigenvalue weighted by atomic mass is 10.1. The lowest BCUT2D eigenvalue weighted by Gasteiger charge is -2.17. The van der Waals surface area contributed by atoms with Gasteiger partial charge in [-0.05, 0) is 37.4 Å². The largest absolute Gasteiger partial charge is 0.338 e. The van der Waals surface area contributed by atoms with Gasteiger partial charge in [0.1, 0.15) is 0 Å². The number of nitrogens with zero attached hydrogens (tertiary/aromatic N) is 1. The summed E-state index contributed by atoms with van der Waals surface area (Å²) < 4.78 is 0. The second kappa shape index (κ2) is 4.66. The molecule has 16 heavy (non-hydrogen) atoms. The van der Waals surface area contributed by atoms with Gasteiger partial charge in [-0.25, -0.2) is 0 Å². The van der Waals surface area contributed by atoms with Crippen molar-refractivity contribution in [2.24, 2.45) is 11.7 Å². The molecule has 86 valence electrons. The Morgan fingerprint density at radius 2 is 2.25 bits per heavy atom. The van der Waals surface area contributed by atoms with Gasteiger partial charge in [0.05, 0.1) is 0 Å². The van der Waals surface area contributed by atoms with Gasteiger partial charge in [-0.15, -0.1) is 0 Å². The third-order valence-corrected chi connectivity index (χ3v) is 3.28. The van der Waals surface area contributed by atoms with Crippen LogP contribution in [0.2, 0.25) is 0 Å². The fourth-order valence-corrected chi connectivity index (χ4v) is 2.19. The summed E-state index contributed by atoms with van der Waals surface area (Å²) >= 11 is 0. The molecule has 1 heterocycles. The molecule has 2 N–H and O–H groups in total. The molecule has 3 heteroatoms. The van der Waals surface area contributed by atoms with Gasteiger partial charge in [-0.2, -0.15) is 0 Å². The average Bonchev–Trinajstić information content (AvgIpc) is 2.77. The van der Waals surface area contributed by atoms with E-state index in [-0.39, 0.29) is 5.91 Å². The fourth-order valence-electron chi connectivity index (χ4n) is 2.19. The number of nitrogens with two attached hydrogens (primary N) is 1. The normalized spacial score (nSPS) is 20.1. The highest BCUT2D eigenvalue weighted by Gasteiger charge is 2.26. The predicted molar refractivity (Wildman–Crippen MR) is 64.2 cm³/mol. The topological polar surface area (TPSA) is 46.3 Å². The van der Waals surface area contributed by atoms with Gasteiger partial charge in [0.25, 0.3) is 5.91 Å². The fraction of sp³-hybridized carbons (Fsp3) is 0.462. The summed E-state index contributed by atoms with van der Waals surface area (Å²) in [5, 5.41) is 0. The summed E-state index contributed by atoms with van der Waals surface area (Å²) in [5.74, 6) is 0.627. The molecule has 1 fully saturated rings. The van der Waals surface area contributed by atoms with Crippen LogP contribution in [0, 0.1) is 12.8 Å². The van der Waals surface area contributed by atoms with Crippen molar-refractivity contribution >= 4 is 5.91 Å². The lowest BCUT2D eigenvalue weighted by molar-refractivity contribution is 0.0787. The number of hydrogen-bond acceptors (Lipinski definition) is 2. The van der Waals surface area contributed by atoms with Crippen molar-refractivity contribution in [3.05, 3.63) is 35.4 Å². The maximum Gasteiger partial charge on any atom is 0.254 e. The van der Waals surface area contributed by atoms with Crippen LogP contribution in [0.4, 0.5) is 0 Å². The van der Waals surface area contributed by atoms with Crippen molar-refractivity contribution in [2.45, 2.75) is 13.3 Å². The second-order valence-electron chi connectivity index (χ2n) is 4.46. The number of aryl methyl sites for hydroxylation is 1. The van der Waals surface area contributed by atoms with E-state index in [9.17, 15) is 4.79 Å². The molecule has 2 rings (SSSR count). The van der Waals surface area contributed by atoms with Crippen LogP contribution in [-0.2, 0) is 0 Å². The van der Waals surface area contributed by atoms with Gasteiger partial charge in [0.15, 0.2) is 0 Å². The SMILES string of the molecule is Cc1ccccc1C(=O)N1CCC(CN)C1. The lowest BCUT2D eigenvalue weighted by Crippen LogP contribution is -2.30. The van der Waals surface area contributed by atoms with Gasteiger partial charge in [0, 0.05) is 18.7 Å².